The van der Waals surface area contributed by atoms with Crippen molar-refractivity contribution in [1.82, 2.24) is 14.5 Å². The zero-order valence-electron chi connectivity index (χ0n) is 19.9. The van der Waals surface area contributed by atoms with Gasteiger partial charge in [0.2, 0.25) is 11.7 Å². The number of amides is 1. The van der Waals surface area contributed by atoms with Crippen LogP contribution in [0.5, 0.6) is 0 Å². The fraction of sp³-hybridized carbons (Fsp3) is 0.333. The standard InChI is InChI=1S/C24H22F6N4O3S/c1-38(36,37)16-4-2-13(3-5-16)22-20-12-33(6-7-34(20)23(32-22)24(28,29)30)21(35)10-15(31)8-14-9-18(26)19(27)11-17(14)25/h2-5,9,11,15H,6-8,10,12,31H2,1H3/t15-/m1/s1. The average molecular weight is 561 g/mol. The highest BCUT2D eigenvalue weighted by Crippen LogP contribution is 2.36. The highest BCUT2D eigenvalue weighted by Gasteiger charge is 2.41. The topological polar surface area (TPSA) is 98.3 Å². The lowest BCUT2D eigenvalue weighted by Gasteiger charge is -2.30. The Morgan fingerprint density at radius 3 is 2.29 bits per heavy atom. The Labute approximate surface area is 213 Å². The highest BCUT2D eigenvalue weighted by atomic mass is 32.2. The number of carbonyl (C=O) groups is 1. The summed E-state index contributed by atoms with van der Waals surface area (Å²) in [4.78, 5) is 18.0. The van der Waals surface area contributed by atoms with E-state index in [0.29, 0.717) is 12.1 Å². The first kappa shape index (κ1) is 27.6. The van der Waals surface area contributed by atoms with E-state index in [1.165, 1.54) is 29.2 Å². The molecule has 1 atom stereocenters. The molecular formula is C24H22F6N4O3S. The average Bonchev–Trinajstić information content (AvgIpc) is 3.21. The maximum absolute atomic E-state index is 14.0. The second-order valence-electron chi connectivity index (χ2n) is 9.02. The fourth-order valence-electron chi connectivity index (χ4n) is 4.32. The van der Waals surface area contributed by atoms with Crippen LogP contribution in [-0.2, 0) is 40.3 Å². The molecule has 38 heavy (non-hydrogen) atoms. The molecule has 0 unspecified atom stereocenters. The molecule has 0 bridgehead atoms. The van der Waals surface area contributed by atoms with Crippen molar-refractivity contribution < 1.29 is 39.6 Å². The molecule has 3 aromatic rings. The van der Waals surface area contributed by atoms with Gasteiger partial charge in [-0.2, -0.15) is 13.2 Å². The molecule has 0 fully saturated rings. The van der Waals surface area contributed by atoms with Crippen molar-refractivity contribution >= 4 is 15.7 Å². The van der Waals surface area contributed by atoms with E-state index in [1.807, 2.05) is 0 Å². The third-order valence-electron chi connectivity index (χ3n) is 6.18. The first-order valence-electron chi connectivity index (χ1n) is 11.3. The smallest absolute Gasteiger partial charge is 0.335 e. The van der Waals surface area contributed by atoms with E-state index in [1.54, 1.807) is 0 Å². The first-order valence-corrected chi connectivity index (χ1v) is 13.2. The normalized spacial score (nSPS) is 14.9. The lowest BCUT2D eigenvalue weighted by molar-refractivity contribution is -0.148. The van der Waals surface area contributed by atoms with Crippen LogP contribution in [0.15, 0.2) is 41.3 Å². The summed E-state index contributed by atoms with van der Waals surface area (Å²) in [5.74, 6) is -5.31. The Hall–Kier alpha value is -3.39. The van der Waals surface area contributed by atoms with Gasteiger partial charge < -0.3 is 15.2 Å². The number of sulfone groups is 1. The summed E-state index contributed by atoms with van der Waals surface area (Å²) in [6.07, 6.45) is -4.37. The molecule has 0 radical (unpaired) electrons. The minimum atomic E-state index is -4.78. The van der Waals surface area contributed by atoms with Crippen molar-refractivity contribution in [3.63, 3.8) is 0 Å². The maximum atomic E-state index is 14.0. The summed E-state index contributed by atoms with van der Waals surface area (Å²) >= 11 is 0. The summed E-state index contributed by atoms with van der Waals surface area (Å²) in [6, 6.07) is 5.27. The molecule has 14 heteroatoms. The van der Waals surface area contributed by atoms with Gasteiger partial charge in [-0.25, -0.2) is 26.6 Å². The SMILES string of the molecule is CS(=O)(=O)c1ccc(-c2nc(C(F)(F)F)n3c2CN(C(=O)C[C@H](N)Cc2cc(F)c(F)cc2F)CC3)cc1. The molecule has 1 aliphatic rings. The number of alkyl halides is 3. The lowest BCUT2D eigenvalue weighted by Crippen LogP contribution is -2.42. The van der Waals surface area contributed by atoms with Crippen molar-refractivity contribution in [3.8, 4) is 11.3 Å². The fourth-order valence-corrected chi connectivity index (χ4v) is 4.95. The van der Waals surface area contributed by atoms with E-state index in [0.717, 1.165) is 10.8 Å². The Morgan fingerprint density at radius 1 is 1.05 bits per heavy atom. The van der Waals surface area contributed by atoms with Crippen LogP contribution in [0.1, 0.15) is 23.5 Å². The predicted molar refractivity (Wildman–Crippen MR) is 124 cm³/mol. The molecule has 0 saturated heterocycles. The predicted octanol–water partition coefficient (Wildman–Crippen LogP) is 3.69. The van der Waals surface area contributed by atoms with Gasteiger partial charge in [0.15, 0.2) is 21.5 Å². The van der Waals surface area contributed by atoms with Crippen LogP contribution in [-0.4, -0.2) is 47.6 Å². The van der Waals surface area contributed by atoms with Gasteiger partial charge in [-0.05, 0) is 30.2 Å². The Kier molecular flexibility index (Phi) is 7.32. The van der Waals surface area contributed by atoms with Crippen LogP contribution in [0.4, 0.5) is 26.3 Å². The number of aromatic nitrogens is 2. The molecule has 7 nitrogen and oxygen atoms in total. The van der Waals surface area contributed by atoms with Crippen LogP contribution in [0.2, 0.25) is 0 Å². The zero-order valence-corrected chi connectivity index (χ0v) is 20.7. The molecule has 1 amide bonds. The van der Waals surface area contributed by atoms with Crippen LogP contribution >= 0.6 is 0 Å². The number of benzene rings is 2. The third kappa shape index (κ3) is 5.70. The second kappa shape index (κ2) is 10.1. The Morgan fingerprint density at radius 2 is 1.68 bits per heavy atom. The molecule has 2 heterocycles. The minimum Gasteiger partial charge on any atom is -0.335 e. The van der Waals surface area contributed by atoms with Crippen LogP contribution in [0.25, 0.3) is 11.3 Å². The zero-order chi connectivity index (χ0) is 28.0. The molecule has 204 valence electrons. The number of hydrogen-bond acceptors (Lipinski definition) is 5. The molecule has 0 aliphatic carbocycles. The number of carbonyl (C=O) groups excluding carboxylic acids is 1. The first-order chi connectivity index (χ1) is 17.6. The van der Waals surface area contributed by atoms with Gasteiger partial charge >= 0.3 is 6.18 Å². The Balaban J connectivity index is 1.57. The highest BCUT2D eigenvalue weighted by molar-refractivity contribution is 7.90. The number of halogens is 6. The molecule has 1 aromatic heterocycles. The van der Waals surface area contributed by atoms with Gasteiger partial charge in [0.05, 0.1) is 22.8 Å². The quantitative estimate of drug-likeness (QED) is 0.367. The van der Waals surface area contributed by atoms with Gasteiger partial charge in [0, 0.05) is 43.4 Å². The van der Waals surface area contributed by atoms with E-state index >= 15 is 0 Å². The van der Waals surface area contributed by atoms with Crippen LogP contribution in [0, 0.1) is 17.5 Å². The number of fused-ring (bicyclic) bond motifs is 1. The Bertz CT molecular complexity index is 1490. The molecule has 4 rings (SSSR count). The van der Waals surface area contributed by atoms with Gasteiger partial charge in [-0.3, -0.25) is 4.79 Å². The largest absolute Gasteiger partial charge is 0.449 e. The number of rotatable bonds is 6. The van der Waals surface area contributed by atoms with Crippen LogP contribution in [0.3, 0.4) is 0 Å². The number of imidazole rings is 1. The van der Waals surface area contributed by atoms with E-state index in [-0.39, 0.29) is 59.9 Å². The summed E-state index contributed by atoms with van der Waals surface area (Å²) in [7, 11) is -3.53. The van der Waals surface area contributed by atoms with E-state index in [4.69, 9.17) is 5.73 Å². The third-order valence-corrected chi connectivity index (χ3v) is 7.31. The molecule has 0 spiro atoms. The molecular weight excluding hydrogens is 538 g/mol. The number of nitrogens with two attached hydrogens (primary N) is 1. The van der Waals surface area contributed by atoms with Gasteiger partial charge in [-0.15, -0.1) is 0 Å². The van der Waals surface area contributed by atoms with Crippen molar-refractivity contribution in [2.45, 2.75) is 43.0 Å². The summed E-state index contributed by atoms with van der Waals surface area (Å²) in [6.45, 7) is -0.529. The van der Waals surface area contributed by atoms with Crippen molar-refractivity contribution in [2.75, 3.05) is 12.8 Å². The number of hydrogen-bond donors (Lipinski definition) is 1. The minimum absolute atomic E-state index is 0.0198. The second-order valence-corrected chi connectivity index (χ2v) is 11.0. The van der Waals surface area contributed by atoms with Gasteiger partial charge in [0.25, 0.3) is 0 Å². The summed E-state index contributed by atoms with van der Waals surface area (Å²) in [5, 5.41) is 0. The molecule has 2 aromatic carbocycles. The van der Waals surface area contributed by atoms with Crippen molar-refractivity contribution in [3.05, 3.63) is 70.9 Å². The molecule has 2 N–H and O–H groups in total. The van der Waals surface area contributed by atoms with Gasteiger partial charge in [0.1, 0.15) is 5.82 Å². The molecule has 1 aliphatic heterocycles. The number of nitrogens with zero attached hydrogens (tertiary/aromatic N) is 3. The maximum Gasteiger partial charge on any atom is 0.449 e. The van der Waals surface area contributed by atoms with Crippen molar-refractivity contribution in [2.24, 2.45) is 5.73 Å². The van der Waals surface area contributed by atoms with Gasteiger partial charge in [-0.1, -0.05) is 12.1 Å². The van der Waals surface area contributed by atoms with E-state index in [9.17, 15) is 39.6 Å². The lowest BCUT2D eigenvalue weighted by atomic mass is 10.0. The summed E-state index contributed by atoms with van der Waals surface area (Å²) in [5.41, 5.74) is 6.02. The van der Waals surface area contributed by atoms with Crippen LogP contribution < -0.4 is 5.73 Å². The molecule has 0 saturated carbocycles. The van der Waals surface area contributed by atoms with E-state index < -0.39 is 51.2 Å². The monoisotopic (exact) mass is 560 g/mol. The van der Waals surface area contributed by atoms with Crippen molar-refractivity contribution in [1.29, 1.82) is 0 Å². The summed E-state index contributed by atoms with van der Waals surface area (Å²) < 4.78 is 106. The van der Waals surface area contributed by atoms with E-state index in [2.05, 4.69) is 4.98 Å².